The summed E-state index contributed by atoms with van der Waals surface area (Å²) in [4.78, 5) is 19.1. The summed E-state index contributed by atoms with van der Waals surface area (Å²) >= 11 is 0. The van der Waals surface area contributed by atoms with E-state index in [4.69, 9.17) is 0 Å². The Morgan fingerprint density at radius 1 is 1.14 bits per heavy atom. The standard InChI is InChI=1S/C24H23F5N4OS/c1-12-10-32(11-13(2)30-12)22-16-9-17(24(26,27)28)19-15-5-4-14(25)8-18(15)35(29)7-3-6-33(23(34)31-22)20(16)21(19)35/h4-5,8-9,12-13,30H,3,6-7,10-11H2,1-2H3. The molecule has 0 amide bonds. The van der Waals surface area contributed by atoms with Crippen LogP contribution in [0.4, 0.5) is 27.3 Å². The predicted molar refractivity (Wildman–Crippen MR) is 125 cm³/mol. The van der Waals surface area contributed by atoms with Crippen molar-refractivity contribution >= 4 is 27.1 Å². The number of hydrogen-bond acceptors (Lipinski definition) is 4. The van der Waals surface area contributed by atoms with Crippen molar-refractivity contribution in [3.63, 3.8) is 0 Å². The van der Waals surface area contributed by atoms with Crippen LogP contribution in [0.5, 0.6) is 0 Å². The zero-order valence-electron chi connectivity index (χ0n) is 19.0. The lowest BCUT2D eigenvalue weighted by molar-refractivity contribution is -0.137. The molecule has 3 unspecified atom stereocenters. The molecule has 0 radical (unpaired) electrons. The first-order chi connectivity index (χ1) is 16.5. The highest BCUT2D eigenvalue weighted by Gasteiger charge is 2.49. The Balaban J connectivity index is 1.78. The van der Waals surface area contributed by atoms with Crippen molar-refractivity contribution in [3.8, 4) is 11.1 Å². The summed E-state index contributed by atoms with van der Waals surface area (Å²) in [5.41, 5.74) is -1.65. The van der Waals surface area contributed by atoms with E-state index in [1.165, 1.54) is 10.6 Å². The van der Waals surface area contributed by atoms with E-state index in [2.05, 4.69) is 10.3 Å². The van der Waals surface area contributed by atoms with E-state index in [1.807, 2.05) is 13.8 Å². The molecule has 1 saturated heterocycles. The number of aromatic nitrogens is 2. The smallest absolute Gasteiger partial charge is 0.353 e. The number of hydrogen-bond donors (Lipinski definition) is 1. The van der Waals surface area contributed by atoms with Gasteiger partial charge >= 0.3 is 11.9 Å². The lowest BCUT2D eigenvalue weighted by Crippen LogP contribution is -2.55. The summed E-state index contributed by atoms with van der Waals surface area (Å²) in [7, 11) is -3.50. The van der Waals surface area contributed by atoms with Gasteiger partial charge in [-0.1, -0.05) is 6.07 Å². The second-order valence-corrected chi connectivity index (χ2v) is 12.2. The molecule has 1 N–H and O–H groups in total. The van der Waals surface area contributed by atoms with Crippen LogP contribution in [0, 0.1) is 5.82 Å². The van der Waals surface area contributed by atoms with Crippen LogP contribution in [0.3, 0.4) is 0 Å². The number of rotatable bonds is 1. The molecule has 3 aliphatic heterocycles. The van der Waals surface area contributed by atoms with Crippen LogP contribution in [0.2, 0.25) is 0 Å². The van der Waals surface area contributed by atoms with Gasteiger partial charge in [0.1, 0.15) is 11.6 Å². The first-order valence-corrected chi connectivity index (χ1v) is 13.2. The molecule has 4 heterocycles. The molecular formula is C24H23F5N4OS. The maximum Gasteiger partial charge on any atom is 0.417 e. The predicted octanol–water partition coefficient (Wildman–Crippen LogP) is 5.23. The summed E-state index contributed by atoms with van der Waals surface area (Å²) in [5, 5.41) is 3.47. The third-order valence-electron chi connectivity index (χ3n) is 7.05. The van der Waals surface area contributed by atoms with Crippen LogP contribution in [0.1, 0.15) is 25.8 Å². The number of halogens is 5. The number of alkyl halides is 3. The lowest BCUT2D eigenvalue weighted by atomic mass is 9.96. The topological polar surface area (TPSA) is 50.2 Å². The highest BCUT2D eigenvalue weighted by Crippen LogP contribution is 2.76. The number of nitrogens with zero attached hydrogens (tertiary/aromatic N) is 3. The molecule has 186 valence electrons. The maximum atomic E-state index is 17.0. The zero-order chi connectivity index (χ0) is 24.9. The van der Waals surface area contributed by atoms with Gasteiger partial charge in [-0.15, -0.1) is 0 Å². The lowest BCUT2D eigenvalue weighted by Gasteiger charge is -2.37. The Kier molecular flexibility index (Phi) is 4.83. The maximum absolute atomic E-state index is 17.0. The fraction of sp³-hybridized carbons (Fsp3) is 0.417. The van der Waals surface area contributed by atoms with Crippen molar-refractivity contribution in [1.29, 1.82) is 0 Å². The van der Waals surface area contributed by atoms with Crippen molar-refractivity contribution in [3.05, 3.63) is 46.1 Å². The summed E-state index contributed by atoms with van der Waals surface area (Å²) in [5.74, 6) is -0.641. The van der Waals surface area contributed by atoms with Gasteiger partial charge in [-0.05, 0) is 54.4 Å². The third kappa shape index (κ3) is 3.23. The quantitative estimate of drug-likeness (QED) is 0.456. The molecule has 0 spiro atoms. The van der Waals surface area contributed by atoms with E-state index >= 15 is 3.89 Å². The van der Waals surface area contributed by atoms with Crippen LogP contribution in [-0.4, -0.2) is 40.5 Å². The van der Waals surface area contributed by atoms with Gasteiger partial charge in [0.2, 0.25) is 0 Å². The fourth-order valence-electron chi connectivity index (χ4n) is 5.86. The van der Waals surface area contributed by atoms with Crippen LogP contribution in [-0.2, 0) is 12.7 Å². The van der Waals surface area contributed by atoms with Crippen LogP contribution in [0.15, 0.2) is 38.9 Å². The van der Waals surface area contributed by atoms with Gasteiger partial charge < -0.3 is 10.2 Å². The average molecular weight is 511 g/mol. The molecule has 11 heteroatoms. The zero-order valence-corrected chi connectivity index (χ0v) is 19.9. The van der Waals surface area contributed by atoms with Crippen LogP contribution < -0.4 is 15.9 Å². The average Bonchev–Trinajstić information content (AvgIpc) is 2.90. The first-order valence-electron chi connectivity index (χ1n) is 11.5. The Bertz CT molecular complexity index is 1440. The molecule has 1 aromatic heterocycles. The summed E-state index contributed by atoms with van der Waals surface area (Å²) in [6.07, 6.45) is -4.56. The molecule has 0 saturated carbocycles. The van der Waals surface area contributed by atoms with E-state index in [0.29, 0.717) is 13.1 Å². The fourth-order valence-corrected chi connectivity index (χ4v) is 8.92. The SMILES string of the molecule is CC1CN(c2nc(=O)n3c4c5c(c(C(F)(F)F)cc24)-c2ccc(F)cc2S5(F)CCC3)CC(C)N1. The number of fused-ring (bicyclic) bond motifs is 3. The summed E-state index contributed by atoms with van der Waals surface area (Å²) < 4.78 is 76.0. The normalized spacial score (nSPS) is 27.5. The van der Waals surface area contributed by atoms with Crippen molar-refractivity contribution in [2.75, 3.05) is 23.7 Å². The Morgan fingerprint density at radius 2 is 1.86 bits per heavy atom. The Labute approximate surface area is 199 Å². The largest absolute Gasteiger partial charge is 0.417 e. The minimum absolute atomic E-state index is 0.0170. The molecule has 0 aliphatic carbocycles. The Hall–Kier alpha value is -2.66. The molecule has 35 heavy (non-hydrogen) atoms. The molecule has 3 atom stereocenters. The van der Waals surface area contributed by atoms with Gasteiger partial charge in [0.05, 0.1) is 16.0 Å². The molecule has 0 bridgehead atoms. The van der Waals surface area contributed by atoms with Crippen LogP contribution >= 0.6 is 10.4 Å². The number of nitrogens with one attached hydrogen (secondary N) is 1. The van der Waals surface area contributed by atoms with Gasteiger partial charge in [0.25, 0.3) is 0 Å². The van der Waals surface area contributed by atoms with Gasteiger partial charge in [0.15, 0.2) is 0 Å². The van der Waals surface area contributed by atoms with Crippen molar-refractivity contribution in [2.24, 2.45) is 0 Å². The number of piperazine rings is 1. The molecule has 2 aromatic carbocycles. The van der Waals surface area contributed by atoms with Gasteiger partial charge in [-0.2, -0.15) is 22.0 Å². The molecule has 1 fully saturated rings. The third-order valence-corrected chi connectivity index (χ3v) is 9.98. The molecule has 6 rings (SSSR count). The summed E-state index contributed by atoms with van der Waals surface area (Å²) in [6.45, 7) is 4.90. The second-order valence-electron chi connectivity index (χ2n) is 9.62. The Morgan fingerprint density at radius 3 is 2.54 bits per heavy atom. The van der Waals surface area contributed by atoms with Gasteiger partial charge in [-0.25, -0.2) is 9.18 Å². The van der Waals surface area contributed by atoms with E-state index in [1.54, 1.807) is 4.90 Å². The van der Waals surface area contributed by atoms with Gasteiger partial charge in [-0.3, -0.25) is 4.57 Å². The highest BCUT2D eigenvalue weighted by atomic mass is 32.3. The number of benzene rings is 2. The molecule has 5 nitrogen and oxygen atoms in total. The van der Waals surface area contributed by atoms with E-state index in [-0.39, 0.29) is 68.4 Å². The van der Waals surface area contributed by atoms with Crippen molar-refractivity contribution < 1.29 is 21.4 Å². The number of anilines is 1. The highest BCUT2D eigenvalue weighted by molar-refractivity contribution is 8.30. The molecular weight excluding hydrogens is 487 g/mol. The van der Waals surface area contributed by atoms with Crippen LogP contribution in [0.25, 0.3) is 22.0 Å². The van der Waals surface area contributed by atoms with E-state index in [9.17, 15) is 22.4 Å². The van der Waals surface area contributed by atoms with Crippen molar-refractivity contribution in [2.45, 2.75) is 54.9 Å². The van der Waals surface area contributed by atoms with E-state index < -0.39 is 33.7 Å². The minimum atomic E-state index is -4.79. The van der Waals surface area contributed by atoms with Crippen molar-refractivity contribution in [1.82, 2.24) is 14.9 Å². The second kappa shape index (κ2) is 7.42. The summed E-state index contributed by atoms with van der Waals surface area (Å²) in [6, 6.07) is 4.34. The monoisotopic (exact) mass is 510 g/mol. The molecule has 3 aliphatic rings. The van der Waals surface area contributed by atoms with E-state index in [0.717, 1.165) is 18.2 Å². The first kappa shape index (κ1) is 22.8. The van der Waals surface area contributed by atoms with Gasteiger partial charge in [0, 0.05) is 53.3 Å². The minimum Gasteiger partial charge on any atom is -0.353 e. The number of aryl methyl sites for hydroxylation is 1. The molecule has 3 aromatic rings.